The molecule has 0 saturated carbocycles. The molecular weight excluding hydrogens is 426 g/mol. The number of halogens is 1. The Kier molecular flexibility index (Phi) is 6.80. The van der Waals surface area contributed by atoms with Crippen molar-refractivity contribution in [1.29, 1.82) is 5.41 Å². The second-order valence-corrected chi connectivity index (χ2v) is 6.27. The van der Waals surface area contributed by atoms with E-state index in [1.54, 1.807) is 33.4 Å². The van der Waals surface area contributed by atoms with E-state index in [0.29, 0.717) is 11.3 Å². The number of benzene rings is 2. The highest BCUT2D eigenvalue weighted by Crippen LogP contribution is 2.17. The minimum Gasteiger partial charge on any atom is -0.482 e. The molecular formula is C20H22BrN3O4. The first kappa shape index (κ1) is 21.4. The molecule has 0 aliphatic rings. The third-order valence-corrected chi connectivity index (χ3v) is 4.42. The molecule has 0 amide bonds. The minimum atomic E-state index is -0.472. The average molecular weight is 448 g/mol. The maximum atomic E-state index is 12.7. The van der Waals surface area contributed by atoms with Crippen molar-refractivity contribution in [3.8, 4) is 5.75 Å². The predicted molar refractivity (Wildman–Crippen MR) is 110 cm³/mol. The molecule has 0 saturated heterocycles. The summed E-state index contributed by atoms with van der Waals surface area (Å²) < 4.78 is 13.3. The summed E-state index contributed by atoms with van der Waals surface area (Å²) in [7, 11) is 3.11. The number of aromatic nitrogens is 2. The molecule has 3 aromatic rings. The molecule has 0 radical (unpaired) electrons. The van der Waals surface area contributed by atoms with Gasteiger partial charge in [-0.15, -0.1) is 17.0 Å². The van der Waals surface area contributed by atoms with Gasteiger partial charge in [-0.05, 0) is 48.9 Å². The number of fused-ring (bicyclic) bond motifs is 1. The van der Waals surface area contributed by atoms with Crippen molar-refractivity contribution in [3.63, 3.8) is 0 Å². The molecule has 7 nitrogen and oxygen atoms in total. The van der Waals surface area contributed by atoms with Crippen LogP contribution >= 0.6 is 17.0 Å². The Labute approximate surface area is 172 Å². The number of imidazole rings is 1. The monoisotopic (exact) mass is 447 g/mol. The van der Waals surface area contributed by atoms with Gasteiger partial charge in [-0.25, -0.2) is 4.79 Å². The fraction of sp³-hybridized carbons (Fsp3) is 0.250. The summed E-state index contributed by atoms with van der Waals surface area (Å²) in [6, 6.07) is 12.5. The lowest BCUT2D eigenvalue weighted by Gasteiger charge is -2.07. The molecule has 0 aliphatic heterocycles. The smallest absolute Gasteiger partial charge is 0.343 e. The number of Topliss-reactive ketones (excluding diaryl/α,β-unsaturated/α-hetero) is 1. The quantitative estimate of drug-likeness (QED) is 0.464. The van der Waals surface area contributed by atoms with Crippen LogP contribution in [0.25, 0.3) is 11.0 Å². The lowest BCUT2D eigenvalue weighted by Crippen LogP contribution is -2.25. The van der Waals surface area contributed by atoms with Crippen LogP contribution in [0.1, 0.15) is 15.9 Å². The third kappa shape index (κ3) is 4.33. The Morgan fingerprint density at radius 3 is 2.39 bits per heavy atom. The highest BCUT2D eigenvalue weighted by atomic mass is 79.9. The van der Waals surface area contributed by atoms with Crippen LogP contribution in [0.3, 0.4) is 0 Å². The molecule has 8 heteroatoms. The van der Waals surface area contributed by atoms with E-state index in [-0.39, 0.29) is 41.5 Å². The number of ketones is 1. The van der Waals surface area contributed by atoms with Gasteiger partial charge in [0, 0.05) is 12.6 Å². The number of rotatable bonds is 6. The number of aryl methyl sites for hydroxylation is 2. The van der Waals surface area contributed by atoms with Gasteiger partial charge in [0.2, 0.25) is 5.62 Å². The average Bonchev–Trinajstić information content (AvgIpc) is 2.90. The summed E-state index contributed by atoms with van der Waals surface area (Å²) in [4.78, 5) is 23.8. The molecule has 3 rings (SSSR count). The van der Waals surface area contributed by atoms with Crippen molar-refractivity contribution in [3.05, 3.63) is 59.2 Å². The zero-order valence-electron chi connectivity index (χ0n) is 15.9. The largest absolute Gasteiger partial charge is 0.482 e. The van der Waals surface area contributed by atoms with E-state index in [2.05, 4.69) is 4.74 Å². The maximum Gasteiger partial charge on any atom is 0.343 e. The Morgan fingerprint density at radius 2 is 1.75 bits per heavy atom. The highest BCUT2D eigenvalue weighted by Gasteiger charge is 2.13. The first-order chi connectivity index (χ1) is 12.9. The standard InChI is InChI=1S/C20H21N3O4.BrH/c1-13-4-9-16-17(10-13)23(20(21)22(16)2)11-18(24)14-5-7-15(8-6-14)27-12-19(25)26-3;/h4-10,21H,11-12H2,1-3H3;1H. The van der Waals surface area contributed by atoms with Crippen LogP contribution in [0.2, 0.25) is 0 Å². The first-order valence-electron chi connectivity index (χ1n) is 8.44. The van der Waals surface area contributed by atoms with Crippen molar-refractivity contribution >= 4 is 39.8 Å². The summed E-state index contributed by atoms with van der Waals surface area (Å²) in [5.41, 5.74) is 3.61. The van der Waals surface area contributed by atoms with Crippen LogP contribution in [0.15, 0.2) is 42.5 Å². The molecule has 0 spiro atoms. The van der Waals surface area contributed by atoms with Gasteiger partial charge in [0.25, 0.3) is 0 Å². The van der Waals surface area contributed by atoms with E-state index in [1.807, 2.05) is 32.2 Å². The summed E-state index contributed by atoms with van der Waals surface area (Å²) in [6.07, 6.45) is 0. The first-order valence-corrected chi connectivity index (χ1v) is 8.44. The van der Waals surface area contributed by atoms with Crippen molar-refractivity contribution in [1.82, 2.24) is 9.13 Å². The number of nitrogens with zero attached hydrogens (tertiary/aromatic N) is 2. The second-order valence-electron chi connectivity index (χ2n) is 6.27. The number of hydrogen-bond donors (Lipinski definition) is 1. The van der Waals surface area contributed by atoms with E-state index in [4.69, 9.17) is 10.1 Å². The molecule has 0 unspecified atom stereocenters. The number of methoxy groups -OCH3 is 1. The van der Waals surface area contributed by atoms with Crippen molar-refractivity contribution in [2.75, 3.05) is 13.7 Å². The molecule has 1 N–H and O–H groups in total. The van der Waals surface area contributed by atoms with Gasteiger partial charge in [-0.2, -0.15) is 0 Å². The van der Waals surface area contributed by atoms with E-state index in [1.165, 1.54) is 7.11 Å². The summed E-state index contributed by atoms with van der Waals surface area (Å²) in [5, 5.41) is 8.31. The number of esters is 1. The van der Waals surface area contributed by atoms with E-state index in [0.717, 1.165) is 16.6 Å². The van der Waals surface area contributed by atoms with Crippen molar-refractivity contribution < 1.29 is 19.1 Å². The van der Waals surface area contributed by atoms with E-state index in [9.17, 15) is 9.59 Å². The summed E-state index contributed by atoms with van der Waals surface area (Å²) >= 11 is 0. The van der Waals surface area contributed by atoms with Gasteiger partial charge in [-0.3, -0.25) is 10.2 Å². The molecule has 0 aliphatic carbocycles. The van der Waals surface area contributed by atoms with Gasteiger partial charge in [-0.1, -0.05) is 6.07 Å². The fourth-order valence-electron chi connectivity index (χ4n) is 2.88. The van der Waals surface area contributed by atoms with Gasteiger partial charge in [0.1, 0.15) is 5.75 Å². The van der Waals surface area contributed by atoms with Gasteiger partial charge >= 0.3 is 5.97 Å². The van der Waals surface area contributed by atoms with Gasteiger partial charge in [0.05, 0.1) is 24.7 Å². The predicted octanol–water partition coefficient (Wildman–Crippen LogP) is 2.78. The molecule has 0 fully saturated rings. The van der Waals surface area contributed by atoms with Crippen molar-refractivity contribution in [2.24, 2.45) is 7.05 Å². The van der Waals surface area contributed by atoms with Crippen LogP contribution in [0.5, 0.6) is 5.75 Å². The Balaban J connectivity index is 0.00000280. The number of hydrogen-bond acceptors (Lipinski definition) is 5. The second kappa shape index (κ2) is 8.88. The number of carbonyl (C=O) groups is 2. The van der Waals surface area contributed by atoms with Crippen LogP contribution in [0.4, 0.5) is 0 Å². The Hall–Kier alpha value is -2.87. The molecule has 1 heterocycles. The van der Waals surface area contributed by atoms with Gasteiger partial charge < -0.3 is 18.6 Å². The highest BCUT2D eigenvalue weighted by molar-refractivity contribution is 8.93. The zero-order valence-corrected chi connectivity index (χ0v) is 17.6. The fourth-order valence-corrected chi connectivity index (χ4v) is 2.88. The summed E-state index contributed by atoms with van der Waals surface area (Å²) in [5.74, 6) is -0.102. The molecule has 148 valence electrons. The molecule has 2 aromatic carbocycles. The molecule has 0 atom stereocenters. The molecule has 28 heavy (non-hydrogen) atoms. The SMILES string of the molecule is Br.COC(=O)COc1ccc(C(=O)Cn2c(=N)n(C)c3ccc(C)cc32)cc1. The Morgan fingerprint density at radius 1 is 1.07 bits per heavy atom. The minimum absolute atomic E-state index is 0. The van der Waals surface area contributed by atoms with Gasteiger partial charge in [0.15, 0.2) is 12.4 Å². The number of ether oxygens (including phenoxy) is 2. The number of carbonyl (C=O) groups excluding carboxylic acids is 2. The third-order valence-electron chi connectivity index (χ3n) is 4.42. The summed E-state index contributed by atoms with van der Waals surface area (Å²) in [6.45, 7) is 1.87. The number of nitrogens with one attached hydrogen (secondary N) is 1. The zero-order chi connectivity index (χ0) is 19.6. The van der Waals surface area contributed by atoms with E-state index >= 15 is 0 Å². The maximum absolute atomic E-state index is 12.7. The lowest BCUT2D eigenvalue weighted by atomic mass is 10.1. The van der Waals surface area contributed by atoms with Crippen LogP contribution < -0.4 is 10.4 Å². The molecule has 0 bridgehead atoms. The van der Waals surface area contributed by atoms with E-state index < -0.39 is 5.97 Å². The van der Waals surface area contributed by atoms with Crippen LogP contribution in [0, 0.1) is 12.3 Å². The normalized spacial score (nSPS) is 10.4. The molecule has 1 aromatic heterocycles. The Bertz CT molecular complexity index is 1070. The van der Waals surface area contributed by atoms with Crippen LogP contribution in [-0.2, 0) is 23.1 Å². The lowest BCUT2D eigenvalue weighted by molar-refractivity contribution is -0.142. The van der Waals surface area contributed by atoms with Crippen molar-refractivity contribution in [2.45, 2.75) is 13.5 Å². The topological polar surface area (TPSA) is 86.3 Å². The van der Waals surface area contributed by atoms with Crippen LogP contribution in [-0.4, -0.2) is 34.6 Å².